The van der Waals surface area contributed by atoms with Gasteiger partial charge in [-0.1, -0.05) is 30.3 Å². The van der Waals surface area contributed by atoms with Crippen molar-refractivity contribution >= 4 is 69.1 Å². The molecule has 18 heteroatoms. The molecule has 0 fully saturated rings. The van der Waals surface area contributed by atoms with Crippen molar-refractivity contribution in [2.24, 2.45) is 14.1 Å². The number of hydrogen-bond donors (Lipinski definition) is 6. The molecule has 0 saturated carbocycles. The standard InChI is InChI=1S/C43H47N7O9S2/c1-43(2,60)24-44-39(52)33-18-27(22-48(33)3)25-12-14-28(15-13-25)46-40(53)34-19-29(23-49(34)4)45-38(51)11-8-16-59-37-21-31-30(20-36(37)58-5)42(54)50-32-10-7-6-9-26(32)17-35(50)41(47-31)61(55,56)57/h6-7,9-10,12-15,18-23,35,41,47,60H,8,11,16-17,24H2,1-5H3,(H,44,52)(H,45,51)(H,46,53)(H,55,56,57)/t35-,41?/m0/s1. The molecule has 4 amide bonds. The zero-order valence-corrected chi connectivity index (χ0v) is 35.9. The summed E-state index contributed by atoms with van der Waals surface area (Å²) in [5.41, 5.74) is 5.15. The summed E-state index contributed by atoms with van der Waals surface area (Å²) >= 11 is 4.47. The molecular formula is C43H47N7O9S2. The number of nitrogens with one attached hydrogen (secondary N) is 4. The van der Waals surface area contributed by atoms with Gasteiger partial charge in [0.05, 0.1) is 36.7 Å². The summed E-state index contributed by atoms with van der Waals surface area (Å²) in [6, 6.07) is 19.8. The van der Waals surface area contributed by atoms with E-state index in [1.54, 1.807) is 65.8 Å². The maximum absolute atomic E-state index is 13.9. The predicted octanol–water partition coefficient (Wildman–Crippen LogP) is 5.74. The maximum atomic E-state index is 13.9. The number of amides is 4. The smallest absolute Gasteiger partial charge is 0.288 e. The number of hydrogen-bond acceptors (Lipinski definition) is 10. The number of fused-ring (bicyclic) bond motifs is 4. The lowest BCUT2D eigenvalue weighted by Crippen LogP contribution is -2.49. The third-order valence-corrected chi connectivity index (χ3v) is 11.7. The van der Waals surface area contributed by atoms with E-state index in [-0.39, 0.29) is 71.1 Å². The van der Waals surface area contributed by atoms with Gasteiger partial charge in [0.1, 0.15) is 11.4 Å². The van der Waals surface area contributed by atoms with E-state index in [4.69, 9.17) is 9.47 Å². The minimum atomic E-state index is -4.67. The topological polar surface area (TPSA) is 202 Å². The van der Waals surface area contributed by atoms with Crippen molar-refractivity contribution in [3.05, 3.63) is 108 Å². The van der Waals surface area contributed by atoms with Gasteiger partial charge in [0, 0.05) is 67.2 Å². The van der Waals surface area contributed by atoms with Crippen LogP contribution in [0.3, 0.4) is 0 Å². The summed E-state index contributed by atoms with van der Waals surface area (Å²) in [5, 5.41) is 9.95. The van der Waals surface area contributed by atoms with E-state index in [0.717, 1.165) is 16.7 Å². The number of ether oxygens (including phenoxy) is 2. The molecule has 2 aliphatic heterocycles. The van der Waals surface area contributed by atoms with E-state index in [9.17, 15) is 32.1 Å². The van der Waals surface area contributed by atoms with Crippen molar-refractivity contribution in [1.29, 1.82) is 0 Å². The second-order valence-electron chi connectivity index (χ2n) is 15.7. The van der Waals surface area contributed by atoms with Crippen molar-refractivity contribution in [2.75, 3.05) is 41.1 Å². The largest absolute Gasteiger partial charge is 0.493 e. The second kappa shape index (κ2) is 17.0. The summed E-state index contributed by atoms with van der Waals surface area (Å²) in [6.07, 6.45) is 4.06. The van der Waals surface area contributed by atoms with E-state index in [1.807, 2.05) is 44.3 Å². The van der Waals surface area contributed by atoms with Gasteiger partial charge in [0.15, 0.2) is 16.9 Å². The summed E-state index contributed by atoms with van der Waals surface area (Å²) in [4.78, 5) is 54.2. The molecule has 3 aromatic carbocycles. The van der Waals surface area contributed by atoms with Gasteiger partial charge in [-0.3, -0.25) is 23.7 Å². The Kier molecular flexibility index (Phi) is 12.0. The Bertz CT molecular complexity index is 2630. The van der Waals surface area contributed by atoms with Gasteiger partial charge in [-0.25, -0.2) is 0 Å². The van der Waals surface area contributed by atoms with Crippen LogP contribution in [0.4, 0.5) is 22.7 Å². The Morgan fingerprint density at radius 1 is 0.902 bits per heavy atom. The molecule has 0 radical (unpaired) electrons. The molecule has 16 nitrogen and oxygen atoms in total. The molecule has 2 aromatic heterocycles. The fourth-order valence-electron chi connectivity index (χ4n) is 7.47. The van der Waals surface area contributed by atoms with Crippen molar-refractivity contribution in [1.82, 2.24) is 14.5 Å². The molecule has 7 rings (SSSR count). The first-order valence-electron chi connectivity index (χ1n) is 19.4. The summed E-state index contributed by atoms with van der Waals surface area (Å²) in [7, 11) is 0.242. The number of anilines is 4. The minimum absolute atomic E-state index is 0.0645. The Morgan fingerprint density at radius 2 is 1.61 bits per heavy atom. The van der Waals surface area contributed by atoms with Gasteiger partial charge in [-0.05, 0) is 74.2 Å². The molecule has 0 spiro atoms. The van der Waals surface area contributed by atoms with Crippen LogP contribution in [0.5, 0.6) is 11.5 Å². The second-order valence-corrected chi connectivity index (χ2v) is 18.4. The number of para-hydroxylation sites is 1. The number of aryl methyl sites for hydroxylation is 2. The van der Waals surface area contributed by atoms with E-state index in [2.05, 4.69) is 33.9 Å². The van der Waals surface area contributed by atoms with Crippen LogP contribution in [0.15, 0.2) is 85.2 Å². The first-order chi connectivity index (χ1) is 28.9. The van der Waals surface area contributed by atoms with Gasteiger partial charge in [-0.2, -0.15) is 21.0 Å². The molecular weight excluding hydrogens is 823 g/mol. The Labute approximate surface area is 358 Å². The lowest BCUT2D eigenvalue weighted by molar-refractivity contribution is -0.116. The van der Waals surface area contributed by atoms with Crippen LogP contribution in [-0.2, 0) is 35.4 Å². The van der Waals surface area contributed by atoms with Crippen LogP contribution in [0.1, 0.15) is 63.6 Å². The summed E-state index contributed by atoms with van der Waals surface area (Å²) in [6.45, 7) is 4.32. The number of aromatic nitrogens is 2. The predicted molar refractivity (Wildman–Crippen MR) is 236 cm³/mol. The Morgan fingerprint density at radius 3 is 2.31 bits per heavy atom. The lowest BCUT2D eigenvalue weighted by atomic mass is 10.1. The molecule has 0 saturated heterocycles. The number of benzene rings is 3. The van der Waals surface area contributed by atoms with E-state index < -0.39 is 27.4 Å². The van der Waals surface area contributed by atoms with Gasteiger partial charge in [0.25, 0.3) is 27.8 Å². The average molecular weight is 870 g/mol. The van der Waals surface area contributed by atoms with Crippen LogP contribution < -0.4 is 35.6 Å². The molecule has 1 unspecified atom stereocenters. The number of nitrogens with zero attached hydrogens (tertiary/aromatic N) is 3. The van der Waals surface area contributed by atoms with Crippen LogP contribution in [0.25, 0.3) is 11.1 Å². The zero-order valence-electron chi connectivity index (χ0n) is 34.2. The van der Waals surface area contributed by atoms with Crippen LogP contribution in [0.2, 0.25) is 0 Å². The first-order valence-corrected chi connectivity index (χ1v) is 21.4. The molecule has 0 aliphatic carbocycles. The van der Waals surface area contributed by atoms with Crippen LogP contribution in [-0.4, -0.2) is 82.2 Å². The third-order valence-electron chi connectivity index (χ3n) is 10.5. The number of thiol groups is 1. The highest BCUT2D eigenvalue weighted by Crippen LogP contribution is 2.43. The molecule has 2 atom stereocenters. The van der Waals surface area contributed by atoms with Crippen molar-refractivity contribution in [3.8, 4) is 22.6 Å². The van der Waals surface area contributed by atoms with Crippen LogP contribution in [0, 0.1) is 0 Å². The van der Waals surface area contributed by atoms with Gasteiger partial charge < -0.3 is 44.8 Å². The maximum Gasteiger partial charge on any atom is 0.288 e. The normalized spacial score (nSPS) is 15.8. The van der Waals surface area contributed by atoms with Gasteiger partial charge >= 0.3 is 0 Å². The molecule has 61 heavy (non-hydrogen) atoms. The molecule has 2 aliphatic rings. The summed E-state index contributed by atoms with van der Waals surface area (Å²) < 4.78 is 50.0. The van der Waals surface area contributed by atoms with E-state index >= 15 is 0 Å². The van der Waals surface area contributed by atoms with Gasteiger partial charge in [-0.15, -0.1) is 0 Å². The first kappa shape index (κ1) is 42.9. The average Bonchev–Trinajstić information content (AvgIpc) is 3.88. The highest BCUT2D eigenvalue weighted by Gasteiger charge is 2.47. The molecule has 0 bridgehead atoms. The Balaban J connectivity index is 0.933. The van der Waals surface area contributed by atoms with Crippen molar-refractivity contribution in [2.45, 2.75) is 49.3 Å². The minimum Gasteiger partial charge on any atom is -0.493 e. The molecule has 320 valence electrons. The summed E-state index contributed by atoms with van der Waals surface area (Å²) in [5.74, 6) is -0.931. The number of rotatable bonds is 14. The molecule has 5 aromatic rings. The van der Waals surface area contributed by atoms with E-state index in [0.29, 0.717) is 35.0 Å². The number of carbonyl (C=O) groups is 4. The quantitative estimate of drug-likeness (QED) is 0.0454. The number of carbonyl (C=O) groups excluding carboxylic acids is 4. The fourth-order valence-corrected chi connectivity index (χ4v) is 8.44. The Hall–Kier alpha value is -6.24. The molecule has 5 N–H and O–H groups in total. The van der Waals surface area contributed by atoms with Crippen LogP contribution >= 0.6 is 12.6 Å². The van der Waals surface area contributed by atoms with Crippen molar-refractivity contribution in [3.63, 3.8) is 0 Å². The number of methoxy groups -OCH3 is 1. The highest BCUT2D eigenvalue weighted by atomic mass is 32.2. The SMILES string of the molecule is COc1cc2c(cc1OCCCC(=O)Nc1cc(C(=O)Nc3ccc(-c4cc(C(=O)NCC(C)(C)S)n(C)c4)cc3)n(C)c1)NC(S(=O)(=O)O)[C@@H]1Cc3ccccc3N1C2=O. The zero-order chi connectivity index (χ0) is 43.8. The highest BCUT2D eigenvalue weighted by molar-refractivity contribution is 7.86. The van der Waals surface area contributed by atoms with E-state index in [1.165, 1.54) is 24.1 Å². The molecule has 4 heterocycles. The van der Waals surface area contributed by atoms with Gasteiger partial charge in [0.2, 0.25) is 5.91 Å². The monoisotopic (exact) mass is 869 g/mol. The fraction of sp³-hybridized carbons (Fsp3) is 0.302. The van der Waals surface area contributed by atoms with Crippen molar-refractivity contribution < 1.29 is 41.6 Å². The lowest BCUT2D eigenvalue weighted by Gasteiger charge is -2.27. The third kappa shape index (κ3) is 9.40.